The Kier molecular flexibility index (Phi) is 5.15. The molecule has 0 spiro atoms. The predicted octanol–water partition coefficient (Wildman–Crippen LogP) is 1.41. The molecule has 0 bridgehead atoms. The van der Waals surface area contributed by atoms with Gasteiger partial charge in [0.25, 0.3) is 0 Å². The second-order valence-corrected chi connectivity index (χ2v) is 7.06. The smallest absolute Gasteiger partial charge is 0.240 e. The molecule has 0 aromatic heterocycles. The highest BCUT2D eigenvalue weighted by atomic mass is 32.2. The number of sulfonamides is 1. The molecule has 5 nitrogen and oxygen atoms in total. The van der Waals surface area contributed by atoms with Gasteiger partial charge in [-0.25, -0.2) is 13.1 Å². The van der Waals surface area contributed by atoms with Gasteiger partial charge in [-0.1, -0.05) is 12.1 Å². The van der Waals surface area contributed by atoms with Gasteiger partial charge in [-0.15, -0.1) is 0 Å². The van der Waals surface area contributed by atoms with Crippen LogP contribution in [0.2, 0.25) is 0 Å². The van der Waals surface area contributed by atoms with Crippen LogP contribution < -0.4 is 10.5 Å². The van der Waals surface area contributed by atoms with E-state index in [0.717, 1.165) is 25.0 Å². The van der Waals surface area contributed by atoms with E-state index in [2.05, 4.69) is 4.72 Å². The van der Waals surface area contributed by atoms with Gasteiger partial charge < -0.3 is 10.5 Å². The molecular formula is C14H22N2O3S. The molecule has 1 aromatic carbocycles. The van der Waals surface area contributed by atoms with Gasteiger partial charge in [-0.3, -0.25) is 0 Å². The van der Waals surface area contributed by atoms with Crippen molar-refractivity contribution in [1.29, 1.82) is 0 Å². The van der Waals surface area contributed by atoms with Crippen LogP contribution in [0.25, 0.3) is 0 Å². The van der Waals surface area contributed by atoms with Crippen molar-refractivity contribution in [1.82, 2.24) is 4.72 Å². The molecule has 2 unspecified atom stereocenters. The lowest BCUT2D eigenvalue weighted by Crippen LogP contribution is -2.33. The molecule has 1 heterocycles. The Morgan fingerprint density at radius 1 is 1.50 bits per heavy atom. The van der Waals surface area contributed by atoms with Crippen LogP contribution in [0, 0.1) is 5.92 Å². The number of nitrogens with one attached hydrogen (secondary N) is 1. The van der Waals surface area contributed by atoms with Crippen molar-refractivity contribution in [2.24, 2.45) is 11.7 Å². The largest absolute Gasteiger partial charge is 0.381 e. The first-order valence-corrected chi connectivity index (χ1v) is 8.40. The number of ether oxygens (including phenoxy) is 1. The lowest BCUT2D eigenvalue weighted by molar-refractivity contribution is 0.0568. The predicted molar refractivity (Wildman–Crippen MR) is 77.8 cm³/mol. The standard InChI is InChI=1S/C14H22N2O3S/c1-11(15)13-5-2-6-14(8-13)20(17,18)16-9-12-4-3-7-19-10-12/h2,5-6,8,11-12,16H,3-4,7,9-10,15H2,1H3. The van der Waals surface area contributed by atoms with Crippen molar-refractivity contribution < 1.29 is 13.2 Å². The molecule has 1 fully saturated rings. The van der Waals surface area contributed by atoms with E-state index in [-0.39, 0.29) is 16.9 Å². The van der Waals surface area contributed by atoms with Crippen LogP contribution in [-0.2, 0) is 14.8 Å². The summed E-state index contributed by atoms with van der Waals surface area (Å²) in [5.74, 6) is 0.259. The van der Waals surface area contributed by atoms with Crippen LogP contribution >= 0.6 is 0 Å². The number of hydrogen-bond donors (Lipinski definition) is 2. The van der Waals surface area contributed by atoms with Gasteiger partial charge in [-0.2, -0.15) is 0 Å². The molecule has 0 amide bonds. The lowest BCUT2D eigenvalue weighted by atomic mass is 10.0. The number of hydrogen-bond acceptors (Lipinski definition) is 4. The van der Waals surface area contributed by atoms with Gasteiger partial charge in [0.15, 0.2) is 0 Å². The Morgan fingerprint density at radius 2 is 2.30 bits per heavy atom. The molecule has 0 saturated carbocycles. The van der Waals surface area contributed by atoms with E-state index >= 15 is 0 Å². The van der Waals surface area contributed by atoms with E-state index in [9.17, 15) is 8.42 Å². The van der Waals surface area contributed by atoms with Crippen molar-refractivity contribution >= 4 is 10.0 Å². The summed E-state index contributed by atoms with van der Waals surface area (Å²) in [5, 5.41) is 0. The molecule has 2 atom stereocenters. The van der Waals surface area contributed by atoms with Gasteiger partial charge >= 0.3 is 0 Å². The Morgan fingerprint density at radius 3 is 2.95 bits per heavy atom. The Hall–Kier alpha value is -0.950. The quantitative estimate of drug-likeness (QED) is 0.861. The maximum atomic E-state index is 12.3. The molecule has 1 saturated heterocycles. The van der Waals surface area contributed by atoms with Gasteiger partial charge in [-0.05, 0) is 43.4 Å². The highest BCUT2D eigenvalue weighted by Crippen LogP contribution is 2.17. The third kappa shape index (κ3) is 4.02. The molecular weight excluding hydrogens is 276 g/mol. The molecule has 3 N–H and O–H groups in total. The molecule has 1 aromatic rings. The highest BCUT2D eigenvalue weighted by molar-refractivity contribution is 7.89. The summed E-state index contributed by atoms with van der Waals surface area (Å²) in [6, 6.07) is 6.59. The minimum absolute atomic E-state index is 0.183. The first-order chi connectivity index (χ1) is 9.49. The normalized spacial score (nSPS) is 21.6. The molecule has 2 rings (SSSR count). The van der Waals surface area contributed by atoms with E-state index in [4.69, 9.17) is 10.5 Å². The van der Waals surface area contributed by atoms with Crippen LogP contribution in [0.1, 0.15) is 31.4 Å². The van der Waals surface area contributed by atoms with Crippen molar-refractivity contribution in [2.75, 3.05) is 19.8 Å². The summed E-state index contributed by atoms with van der Waals surface area (Å²) in [4.78, 5) is 0.268. The first kappa shape index (κ1) is 15.4. The minimum atomic E-state index is -3.48. The van der Waals surface area contributed by atoms with Crippen LogP contribution in [-0.4, -0.2) is 28.2 Å². The molecule has 0 radical (unpaired) electrons. The average Bonchev–Trinajstić information content (AvgIpc) is 2.46. The van der Waals surface area contributed by atoms with Gasteiger partial charge in [0.2, 0.25) is 10.0 Å². The zero-order valence-corrected chi connectivity index (χ0v) is 12.5. The van der Waals surface area contributed by atoms with Gasteiger partial charge in [0.05, 0.1) is 11.5 Å². The monoisotopic (exact) mass is 298 g/mol. The van der Waals surface area contributed by atoms with Crippen molar-refractivity contribution in [3.05, 3.63) is 29.8 Å². The summed E-state index contributed by atoms with van der Waals surface area (Å²) in [7, 11) is -3.48. The van der Waals surface area contributed by atoms with E-state index < -0.39 is 10.0 Å². The summed E-state index contributed by atoms with van der Waals surface area (Å²) in [6.45, 7) is 3.66. The maximum absolute atomic E-state index is 12.3. The number of nitrogens with two attached hydrogens (primary N) is 1. The third-order valence-corrected chi connectivity index (χ3v) is 4.93. The van der Waals surface area contributed by atoms with E-state index in [1.54, 1.807) is 18.2 Å². The number of benzene rings is 1. The summed E-state index contributed by atoms with van der Waals surface area (Å²) in [6.07, 6.45) is 2.00. The summed E-state index contributed by atoms with van der Waals surface area (Å²) < 4.78 is 32.5. The second-order valence-electron chi connectivity index (χ2n) is 5.30. The number of rotatable bonds is 5. The zero-order chi connectivity index (χ0) is 14.6. The average molecular weight is 298 g/mol. The Bertz CT molecular complexity index is 537. The van der Waals surface area contributed by atoms with E-state index in [1.807, 2.05) is 13.0 Å². The zero-order valence-electron chi connectivity index (χ0n) is 11.7. The molecule has 0 aliphatic carbocycles. The first-order valence-electron chi connectivity index (χ1n) is 6.92. The molecule has 6 heteroatoms. The third-order valence-electron chi connectivity index (χ3n) is 3.51. The second kappa shape index (κ2) is 6.67. The fourth-order valence-electron chi connectivity index (χ4n) is 2.24. The molecule has 20 heavy (non-hydrogen) atoms. The van der Waals surface area contributed by atoms with E-state index in [0.29, 0.717) is 13.2 Å². The van der Waals surface area contributed by atoms with Crippen LogP contribution in [0.5, 0.6) is 0 Å². The van der Waals surface area contributed by atoms with E-state index in [1.165, 1.54) is 0 Å². The Balaban J connectivity index is 2.03. The topological polar surface area (TPSA) is 81.4 Å². The molecule has 1 aliphatic heterocycles. The van der Waals surface area contributed by atoms with Crippen molar-refractivity contribution in [3.8, 4) is 0 Å². The minimum Gasteiger partial charge on any atom is -0.381 e. The molecule has 1 aliphatic rings. The Labute approximate surface area is 120 Å². The maximum Gasteiger partial charge on any atom is 0.240 e. The van der Waals surface area contributed by atoms with Crippen LogP contribution in [0.15, 0.2) is 29.2 Å². The van der Waals surface area contributed by atoms with Crippen LogP contribution in [0.3, 0.4) is 0 Å². The lowest BCUT2D eigenvalue weighted by Gasteiger charge is -2.22. The van der Waals surface area contributed by atoms with Gasteiger partial charge in [0.1, 0.15) is 0 Å². The van der Waals surface area contributed by atoms with Crippen molar-refractivity contribution in [3.63, 3.8) is 0 Å². The summed E-state index contributed by atoms with van der Waals surface area (Å²) in [5.41, 5.74) is 6.60. The fourth-order valence-corrected chi connectivity index (χ4v) is 3.41. The summed E-state index contributed by atoms with van der Waals surface area (Å²) >= 11 is 0. The fraction of sp³-hybridized carbons (Fsp3) is 0.571. The SMILES string of the molecule is CC(N)c1cccc(S(=O)(=O)NCC2CCCOC2)c1. The highest BCUT2D eigenvalue weighted by Gasteiger charge is 2.19. The van der Waals surface area contributed by atoms with Gasteiger partial charge in [0, 0.05) is 19.2 Å². The molecule has 112 valence electrons. The van der Waals surface area contributed by atoms with Crippen molar-refractivity contribution in [2.45, 2.75) is 30.7 Å². The van der Waals surface area contributed by atoms with Crippen LogP contribution in [0.4, 0.5) is 0 Å².